The van der Waals surface area contributed by atoms with Gasteiger partial charge in [0.2, 0.25) is 0 Å². The standard InChI is InChI=1S/C15H12ClN7S/c16-10-3-1-4-11(9-10)23-21-13(20-22-23)6-8-24-15-18-12-5-2-7-17-14(12)19-15/h1-5,7,9H,6,8H2,(H,17,18,19). The van der Waals surface area contributed by atoms with Crippen molar-refractivity contribution in [3.63, 3.8) is 0 Å². The number of rotatable bonds is 5. The first kappa shape index (κ1) is 15.1. The molecule has 120 valence electrons. The number of aromatic amines is 1. The quantitative estimate of drug-likeness (QED) is 0.553. The number of pyridine rings is 1. The third kappa shape index (κ3) is 3.24. The molecule has 4 aromatic rings. The molecule has 9 heteroatoms. The van der Waals surface area contributed by atoms with Crippen molar-refractivity contribution in [1.29, 1.82) is 0 Å². The zero-order valence-electron chi connectivity index (χ0n) is 12.4. The van der Waals surface area contributed by atoms with Crippen LogP contribution in [0.5, 0.6) is 0 Å². The monoisotopic (exact) mass is 357 g/mol. The van der Waals surface area contributed by atoms with Gasteiger partial charge in [-0.2, -0.15) is 0 Å². The van der Waals surface area contributed by atoms with Gasteiger partial charge in [-0.1, -0.05) is 29.4 Å². The number of benzene rings is 1. The summed E-state index contributed by atoms with van der Waals surface area (Å²) in [6.45, 7) is 0. The van der Waals surface area contributed by atoms with Crippen molar-refractivity contribution in [3.8, 4) is 5.69 Å². The number of tetrazole rings is 1. The molecule has 0 bridgehead atoms. The Balaban J connectivity index is 1.39. The van der Waals surface area contributed by atoms with Crippen LogP contribution in [0.4, 0.5) is 0 Å². The lowest BCUT2D eigenvalue weighted by molar-refractivity contribution is 0.718. The number of aromatic nitrogens is 7. The smallest absolute Gasteiger partial charge is 0.178 e. The van der Waals surface area contributed by atoms with Crippen LogP contribution < -0.4 is 0 Å². The average molecular weight is 358 g/mol. The second-order valence-electron chi connectivity index (χ2n) is 4.99. The second kappa shape index (κ2) is 6.58. The summed E-state index contributed by atoms with van der Waals surface area (Å²) in [7, 11) is 0. The van der Waals surface area contributed by atoms with Gasteiger partial charge in [-0.25, -0.2) is 9.97 Å². The molecule has 0 fully saturated rings. The van der Waals surface area contributed by atoms with E-state index in [-0.39, 0.29) is 0 Å². The third-order valence-corrected chi connectivity index (χ3v) is 4.40. The van der Waals surface area contributed by atoms with Crippen molar-refractivity contribution >= 4 is 34.5 Å². The van der Waals surface area contributed by atoms with E-state index >= 15 is 0 Å². The van der Waals surface area contributed by atoms with Crippen LogP contribution in [0.1, 0.15) is 5.82 Å². The highest BCUT2D eigenvalue weighted by molar-refractivity contribution is 7.99. The van der Waals surface area contributed by atoms with Crippen LogP contribution in [0.3, 0.4) is 0 Å². The minimum Gasteiger partial charge on any atom is -0.332 e. The van der Waals surface area contributed by atoms with Gasteiger partial charge in [0.15, 0.2) is 16.6 Å². The van der Waals surface area contributed by atoms with E-state index < -0.39 is 0 Å². The number of aryl methyl sites for hydroxylation is 1. The maximum atomic E-state index is 5.98. The highest BCUT2D eigenvalue weighted by Gasteiger charge is 2.07. The van der Waals surface area contributed by atoms with Gasteiger partial charge in [0.25, 0.3) is 0 Å². The molecule has 0 aliphatic heterocycles. The Morgan fingerprint density at radius 3 is 3.04 bits per heavy atom. The number of nitrogens with one attached hydrogen (secondary N) is 1. The van der Waals surface area contributed by atoms with Crippen LogP contribution in [0, 0.1) is 0 Å². The summed E-state index contributed by atoms with van der Waals surface area (Å²) < 4.78 is 0. The number of hydrogen-bond donors (Lipinski definition) is 1. The number of hydrogen-bond acceptors (Lipinski definition) is 6. The van der Waals surface area contributed by atoms with Crippen LogP contribution >= 0.6 is 23.4 Å². The molecule has 0 unspecified atom stereocenters. The highest BCUT2D eigenvalue weighted by atomic mass is 35.5. The summed E-state index contributed by atoms with van der Waals surface area (Å²) in [5.74, 6) is 1.47. The van der Waals surface area contributed by atoms with E-state index in [0.717, 1.165) is 27.8 Å². The fraction of sp³-hybridized carbons (Fsp3) is 0.133. The Labute approximate surface area is 146 Å². The number of nitrogens with zero attached hydrogens (tertiary/aromatic N) is 6. The van der Waals surface area contributed by atoms with Gasteiger partial charge in [-0.3, -0.25) is 0 Å². The lowest BCUT2D eigenvalue weighted by atomic mass is 10.3. The maximum absolute atomic E-state index is 5.98. The lowest BCUT2D eigenvalue weighted by Crippen LogP contribution is -1.99. The molecular formula is C15H12ClN7S. The molecule has 3 heterocycles. The zero-order chi connectivity index (χ0) is 16.4. The van der Waals surface area contributed by atoms with Crippen LogP contribution in [0.15, 0.2) is 47.8 Å². The number of fused-ring (bicyclic) bond motifs is 1. The molecule has 7 nitrogen and oxygen atoms in total. The molecule has 0 atom stereocenters. The Bertz CT molecular complexity index is 948. The van der Waals surface area contributed by atoms with E-state index in [9.17, 15) is 0 Å². The lowest BCUT2D eigenvalue weighted by Gasteiger charge is -1.98. The first-order chi connectivity index (χ1) is 11.8. The van der Waals surface area contributed by atoms with Gasteiger partial charge >= 0.3 is 0 Å². The number of thioether (sulfide) groups is 1. The fourth-order valence-corrected chi connectivity index (χ4v) is 3.18. The molecule has 1 aromatic carbocycles. The third-order valence-electron chi connectivity index (χ3n) is 3.29. The van der Waals surface area contributed by atoms with Crippen LogP contribution in [0.2, 0.25) is 5.02 Å². The van der Waals surface area contributed by atoms with Crippen LogP contribution in [-0.4, -0.2) is 40.9 Å². The van der Waals surface area contributed by atoms with Gasteiger partial charge in [-0.15, -0.1) is 15.0 Å². The topological polar surface area (TPSA) is 85.2 Å². The van der Waals surface area contributed by atoms with E-state index in [2.05, 4.69) is 30.4 Å². The number of H-pyrrole nitrogens is 1. The average Bonchev–Trinajstić information content (AvgIpc) is 3.21. The zero-order valence-corrected chi connectivity index (χ0v) is 14.0. The predicted molar refractivity (Wildman–Crippen MR) is 92.5 cm³/mol. The maximum Gasteiger partial charge on any atom is 0.178 e. The molecule has 0 aliphatic carbocycles. The largest absolute Gasteiger partial charge is 0.332 e. The molecule has 0 radical (unpaired) electrons. The van der Waals surface area contributed by atoms with Crippen molar-refractivity contribution in [2.24, 2.45) is 0 Å². The Morgan fingerprint density at radius 1 is 1.21 bits per heavy atom. The van der Waals surface area contributed by atoms with E-state index in [4.69, 9.17) is 11.6 Å². The molecular weight excluding hydrogens is 346 g/mol. The van der Waals surface area contributed by atoms with Crippen molar-refractivity contribution < 1.29 is 0 Å². The van der Waals surface area contributed by atoms with Gasteiger partial charge in [0.05, 0.1) is 11.2 Å². The Morgan fingerprint density at radius 2 is 2.17 bits per heavy atom. The molecule has 0 saturated heterocycles. The number of halogens is 1. The van der Waals surface area contributed by atoms with Crippen molar-refractivity contribution in [2.45, 2.75) is 11.6 Å². The first-order valence-corrected chi connectivity index (χ1v) is 8.63. The Hall–Kier alpha value is -2.45. The van der Waals surface area contributed by atoms with Crippen LogP contribution in [-0.2, 0) is 6.42 Å². The molecule has 0 saturated carbocycles. The summed E-state index contributed by atoms with van der Waals surface area (Å²) in [5.41, 5.74) is 2.45. The SMILES string of the molecule is Clc1cccc(-n2nnc(CCSc3nc4ncccc4[nH]3)n2)c1. The summed E-state index contributed by atoms with van der Waals surface area (Å²) in [6, 6.07) is 11.2. The molecule has 0 spiro atoms. The summed E-state index contributed by atoms with van der Waals surface area (Å²) in [5, 5.41) is 14.0. The predicted octanol–water partition coefficient (Wildman–Crippen LogP) is 2.92. The van der Waals surface area contributed by atoms with Crippen molar-refractivity contribution in [1.82, 2.24) is 35.2 Å². The highest BCUT2D eigenvalue weighted by Crippen LogP contribution is 2.18. The van der Waals surface area contributed by atoms with Gasteiger partial charge in [-0.05, 0) is 35.5 Å². The van der Waals surface area contributed by atoms with Gasteiger partial charge in [0.1, 0.15) is 0 Å². The van der Waals surface area contributed by atoms with E-state index in [1.165, 1.54) is 4.80 Å². The van der Waals surface area contributed by atoms with Gasteiger partial charge < -0.3 is 4.98 Å². The summed E-state index contributed by atoms with van der Waals surface area (Å²) >= 11 is 7.58. The molecule has 0 amide bonds. The molecule has 24 heavy (non-hydrogen) atoms. The minimum atomic E-state index is 0.639. The fourth-order valence-electron chi connectivity index (χ4n) is 2.18. The van der Waals surface area contributed by atoms with E-state index in [1.807, 2.05) is 30.3 Å². The molecule has 3 aromatic heterocycles. The van der Waals surface area contributed by atoms with E-state index in [0.29, 0.717) is 17.3 Å². The summed E-state index contributed by atoms with van der Waals surface area (Å²) in [4.78, 5) is 13.3. The second-order valence-corrected chi connectivity index (χ2v) is 6.51. The van der Waals surface area contributed by atoms with Crippen molar-refractivity contribution in [2.75, 3.05) is 5.75 Å². The molecule has 1 N–H and O–H groups in total. The minimum absolute atomic E-state index is 0.639. The summed E-state index contributed by atoms with van der Waals surface area (Å²) in [6.07, 6.45) is 2.42. The normalized spacial score (nSPS) is 11.2. The molecule has 0 aliphatic rings. The van der Waals surface area contributed by atoms with Crippen molar-refractivity contribution in [3.05, 3.63) is 53.4 Å². The molecule has 4 rings (SSSR count). The van der Waals surface area contributed by atoms with Gasteiger partial charge in [0, 0.05) is 23.4 Å². The Kier molecular flexibility index (Phi) is 4.14. The van der Waals surface area contributed by atoms with E-state index in [1.54, 1.807) is 24.0 Å². The number of imidazole rings is 1. The van der Waals surface area contributed by atoms with Crippen LogP contribution in [0.25, 0.3) is 16.9 Å². The first-order valence-electron chi connectivity index (χ1n) is 7.26.